The zero-order valence-electron chi connectivity index (χ0n) is 13.0. The van der Waals surface area contributed by atoms with Gasteiger partial charge in [0.1, 0.15) is 4.21 Å². The van der Waals surface area contributed by atoms with Crippen LogP contribution in [0.25, 0.3) is 0 Å². The van der Waals surface area contributed by atoms with E-state index in [1.807, 2.05) is 0 Å². The quantitative estimate of drug-likeness (QED) is 0.712. The van der Waals surface area contributed by atoms with Crippen LogP contribution in [-0.2, 0) is 19.6 Å². The number of nitrogens with zero attached hydrogens (tertiary/aromatic N) is 2. The molecule has 1 aromatic rings. The van der Waals surface area contributed by atoms with Crippen LogP contribution < -0.4 is 0 Å². The number of sulfonamides is 1. The van der Waals surface area contributed by atoms with E-state index < -0.39 is 16.0 Å². The van der Waals surface area contributed by atoms with Crippen LogP contribution in [0.4, 0.5) is 0 Å². The van der Waals surface area contributed by atoms with E-state index in [1.165, 1.54) is 10.4 Å². The Balaban J connectivity index is 1.82. The molecule has 0 radical (unpaired) electrons. The molecule has 0 bridgehead atoms. The molecule has 1 fully saturated rings. The van der Waals surface area contributed by atoms with Gasteiger partial charge in [-0.05, 0) is 25.0 Å². The van der Waals surface area contributed by atoms with Gasteiger partial charge in [0.2, 0.25) is 5.91 Å². The first-order valence-corrected chi connectivity index (χ1v) is 10.2. The first kappa shape index (κ1) is 19.2. The lowest BCUT2D eigenvalue weighted by atomic mass is 10.1. The molecule has 1 aliphatic rings. The molecule has 1 amide bonds. The van der Waals surface area contributed by atoms with Gasteiger partial charge in [0.25, 0.3) is 10.0 Å². The molecule has 1 saturated heterocycles. The highest BCUT2D eigenvalue weighted by Crippen LogP contribution is 2.28. The van der Waals surface area contributed by atoms with Gasteiger partial charge in [0, 0.05) is 39.0 Å². The lowest BCUT2D eigenvalue weighted by Crippen LogP contribution is -2.50. The lowest BCUT2D eigenvalue weighted by Gasteiger charge is -2.33. The number of halogens is 1. The number of piperazine rings is 1. The molecule has 10 heteroatoms. The summed E-state index contributed by atoms with van der Waals surface area (Å²) in [6, 6.07) is 3.04. The zero-order chi connectivity index (χ0) is 17.7. The average molecular weight is 395 g/mol. The maximum absolute atomic E-state index is 12.5. The highest BCUT2D eigenvalue weighted by atomic mass is 35.5. The minimum absolute atomic E-state index is 0.0582. The minimum atomic E-state index is -3.56. The highest BCUT2D eigenvalue weighted by Gasteiger charge is 2.30. The molecule has 0 aliphatic carbocycles. The van der Waals surface area contributed by atoms with E-state index in [0.717, 1.165) is 11.3 Å². The third kappa shape index (κ3) is 4.92. The first-order chi connectivity index (χ1) is 11.3. The predicted octanol–water partition coefficient (Wildman–Crippen LogP) is 1.88. The molecule has 0 unspecified atom stereocenters. The number of carbonyl (C=O) groups excluding carboxylic acids is 1. The number of carboxylic acid groups (broad SMARTS) is 1. The van der Waals surface area contributed by atoms with Gasteiger partial charge in [0.05, 0.1) is 4.34 Å². The van der Waals surface area contributed by atoms with Gasteiger partial charge in [-0.2, -0.15) is 4.31 Å². The Morgan fingerprint density at radius 3 is 2.29 bits per heavy atom. The van der Waals surface area contributed by atoms with Crippen LogP contribution in [0, 0.1) is 0 Å². The summed E-state index contributed by atoms with van der Waals surface area (Å²) in [5.41, 5.74) is 0. The van der Waals surface area contributed by atoms with Crippen molar-refractivity contribution in [1.82, 2.24) is 9.21 Å². The number of aliphatic carboxylic acids is 1. The van der Waals surface area contributed by atoms with Crippen LogP contribution in [0.2, 0.25) is 4.34 Å². The lowest BCUT2D eigenvalue weighted by molar-refractivity contribution is -0.137. The van der Waals surface area contributed by atoms with Crippen molar-refractivity contribution in [3.05, 3.63) is 16.5 Å². The van der Waals surface area contributed by atoms with Crippen molar-refractivity contribution in [3.63, 3.8) is 0 Å². The first-order valence-electron chi connectivity index (χ1n) is 7.56. The van der Waals surface area contributed by atoms with Gasteiger partial charge in [-0.25, -0.2) is 8.42 Å². The molecule has 0 spiro atoms. The topological polar surface area (TPSA) is 95.0 Å². The Morgan fingerprint density at radius 2 is 1.75 bits per heavy atom. The van der Waals surface area contributed by atoms with Gasteiger partial charge in [-0.3, -0.25) is 9.59 Å². The third-order valence-corrected chi connectivity index (χ3v) is 7.36. The number of carboxylic acids is 1. The summed E-state index contributed by atoms with van der Waals surface area (Å²) in [6.07, 6.45) is 1.34. The maximum atomic E-state index is 12.5. The summed E-state index contributed by atoms with van der Waals surface area (Å²) in [5, 5.41) is 8.56. The molecule has 1 N–H and O–H groups in total. The number of carbonyl (C=O) groups is 2. The highest BCUT2D eigenvalue weighted by molar-refractivity contribution is 7.91. The Bertz CT molecular complexity index is 696. The fourth-order valence-corrected chi connectivity index (χ4v) is 5.51. The Morgan fingerprint density at radius 1 is 1.12 bits per heavy atom. The fraction of sp³-hybridized carbons (Fsp3) is 0.571. The number of amides is 1. The minimum Gasteiger partial charge on any atom is -0.481 e. The molecule has 1 aromatic heterocycles. The second kappa shape index (κ2) is 8.28. The van der Waals surface area contributed by atoms with Crippen molar-refractivity contribution in [2.24, 2.45) is 0 Å². The van der Waals surface area contributed by atoms with Crippen molar-refractivity contribution >= 4 is 44.8 Å². The van der Waals surface area contributed by atoms with Gasteiger partial charge >= 0.3 is 5.97 Å². The summed E-state index contributed by atoms with van der Waals surface area (Å²) in [6.45, 7) is 1.18. The van der Waals surface area contributed by atoms with E-state index in [1.54, 1.807) is 11.0 Å². The van der Waals surface area contributed by atoms with Crippen molar-refractivity contribution in [2.45, 2.75) is 29.9 Å². The summed E-state index contributed by atoms with van der Waals surface area (Å²) < 4.78 is 26.9. The van der Waals surface area contributed by atoms with E-state index in [-0.39, 0.29) is 29.6 Å². The van der Waals surface area contributed by atoms with Crippen LogP contribution in [0.1, 0.15) is 25.7 Å². The summed E-state index contributed by atoms with van der Waals surface area (Å²) in [5.74, 6) is -0.924. The molecular formula is C14H19ClN2O5S2. The van der Waals surface area contributed by atoms with E-state index in [2.05, 4.69) is 0 Å². The smallest absolute Gasteiger partial charge is 0.303 e. The summed E-state index contributed by atoms with van der Waals surface area (Å²) >= 11 is 6.81. The number of thiophene rings is 1. The number of hydrogen-bond acceptors (Lipinski definition) is 5. The van der Waals surface area contributed by atoms with Crippen molar-refractivity contribution in [1.29, 1.82) is 0 Å². The molecule has 0 saturated carbocycles. The normalized spacial score (nSPS) is 16.3. The van der Waals surface area contributed by atoms with Gasteiger partial charge in [0.15, 0.2) is 0 Å². The number of unbranched alkanes of at least 4 members (excludes halogenated alkanes) is 1. The monoisotopic (exact) mass is 394 g/mol. The van der Waals surface area contributed by atoms with Crippen LogP contribution in [0.5, 0.6) is 0 Å². The summed E-state index contributed by atoms with van der Waals surface area (Å²) in [7, 11) is -3.56. The Kier molecular flexibility index (Phi) is 6.62. The summed E-state index contributed by atoms with van der Waals surface area (Å²) in [4.78, 5) is 24.1. The Hall–Kier alpha value is -1.16. The van der Waals surface area contributed by atoms with Gasteiger partial charge < -0.3 is 10.0 Å². The van der Waals surface area contributed by atoms with E-state index in [0.29, 0.717) is 36.7 Å². The zero-order valence-corrected chi connectivity index (χ0v) is 15.4. The number of rotatable bonds is 7. The largest absolute Gasteiger partial charge is 0.481 e. The van der Waals surface area contributed by atoms with Crippen molar-refractivity contribution in [3.8, 4) is 0 Å². The van der Waals surface area contributed by atoms with Crippen LogP contribution >= 0.6 is 22.9 Å². The molecule has 7 nitrogen and oxygen atoms in total. The van der Waals surface area contributed by atoms with Crippen molar-refractivity contribution < 1.29 is 23.1 Å². The predicted molar refractivity (Wildman–Crippen MR) is 90.8 cm³/mol. The maximum Gasteiger partial charge on any atom is 0.303 e. The van der Waals surface area contributed by atoms with E-state index in [9.17, 15) is 18.0 Å². The second-order valence-corrected chi connectivity index (χ2v) is 9.32. The molecule has 134 valence electrons. The molecule has 0 aromatic carbocycles. The fourth-order valence-electron chi connectivity index (χ4n) is 2.45. The van der Waals surface area contributed by atoms with Crippen LogP contribution in [0.3, 0.4) is 0 Å². The van der Waals surface area contributed by atoms with Crippen LogP contribution in [0.15, 0.2) is 16.3 Å². The molecule has 0 atom stereocenters. The molecule has 2 heterocycles. The number of hydrogen-bond donors (Lipinski definition) is 1. The molecule has 24 heavy (non-hydrogen) atoms. The van der Waals surface area contributed by atoms with E-state index in [4.69, 9.17) is 16.7 Å². The van der Waals surface area contributed by atoms with E-state index >= 15 is 0 Å². The average Bonchev–Trinajstić information content (AvgIpc) is 2.98. The standard InChI is InChI=1S/C14H19ClN2O5S2/c15-11-5-6-14(23-11)24(21,22)17-9-7-16(8-10-17)12(18)3-1-2-4-13(19)20/h5-6H,1-4,7-10H2,(H,19,20). The second-order valence-electron chi connectivity index (χ2n) is 5.44. The molecule has 2 rings (SSSR count). The van der Waals surface area contributed by atoms with Crippen LogP contribution in [-0.4, -0.2) is 60.8 Å². The Labute approximate surface area is 149 Å². The molecule has 1 aliphatic heterocycles. The SMILES string of the molecule is O=C(O)CCCCC(=O)N1CCN(S(=O)(=O)c2ccc(Cl)s2)CC1. The molecular weight excluding hydrogens is 376 g/mol. The van der Waals surface area contributed by atoms with Crippen molar-refractivity contribution in [2.75, 3.05) is 26.2 Å². The van der Waals surface area contributed by atoms with Gasteiger partial charge in [-0.15, -0.1) is 11.3 Å². The third-order valence-electron chi connectivity index (χ3n) is 3.77. The van der Waals surface area contributed by atoms with Gasteiger partial charge in [-0.1, -0.05) is 11.6 Å².